The molecular weight excluding hydrogens is 533 g/mol. The van der Waals surface area contributed by atoms with Crippen LogP contribution in [0.25, 0.3) is 22.0 Å². The number of hydrogen-bond acceptors (Lipinski definition) is 5. The van der Waals surface area contributed by atoms with E-state index >= 15 is 0 Å². The molecule has 0 atom stereocenters. The fourth-order valence-corrected chi connectivity index (χ4v) is 4.43. The van der Waals surface area contributed by atoms with Crippen LogP contribution in [-0.2, 0) is 0 Å². The highest BCUT2D eigenvalue weighted by atomic mass is 35.5. The van der Waals surface area contributed by atoms with Crippen LogP contribution in [0.15, 0.2) is 90.0 Å². The van der Waals surface area contributed by atoms with Gasteiger partial charge in [-0.15, -0.1) is 0 Å². The number of aromatic amines is 1. The summed E-state index contributed by atoms with van der Waals surface area (Å²) in [4.78, 5) is 28.7. The Labute approximate surface area is 234 Å². The molecule has 0 aliphatic carbocycles. The zero-order valence-corrected chi connectivity index (χ0v) is 22.3. The molecule has 7 nitrogen and oxygen atoms in total. The van der Waals surface area contributed by atoms with E-state index in [-0.39, 0.29) is 11.4 Å². The van der Waals surface area contributed by atoms with Gasteiger partial charge >= 0.3 is 5.97 Å². The Hall–Kier alpha value is -4.95. The zero-order chi connectivity index (χ0) is 28.2. The van der Waals surface area contributed by atoms with Crippen LogP contribution in [0, 0.1) is 12.7 Å². The summed E-state index contributed by atoms with van der Waals surface area (Å²) >= 11 is 6.42. The highest BCUT2D eigenvalue weighted by molar-refractivity contribution is 6.34. The molecule has 1 aromatic heterocycles. The van der Waals surface area contributed by atoms with Gasteiger partial charge in [0.05, 0.1) is 18.9 Å². The van der Waals surface area contributed by atoms with Gasteiger partial charge in [0.25, 0.3) is 5.91 Å². The predicted octanol–water partition coefficient (Wildman–Crippen LogP) is 6.93. The number of esters is 1. The molecule has 0 saturated carbocycles. The number of amides is 1. The molecule has 0 aliphatic heterocycles. The van der Waals surface area contributed by atoms with Gasteiger partial charge < -0.3 is 14.5 Å². The molecular formula is C31H23ClFN3O4. The first kappa shape index (κ1) is 26.6. The Bertz CT molecular complexity index is 1760. The third-order valence-corrected chi connectivity index (χ3v) is 6.52. The minimum absolute atomic E-state index is 0.182. The lowest BCUT2D eigenvalue weighted by atomic mass is 10.0. The number of aryl methyl sites for hydroxylation is 1. The summed E-state index contributed by atoms with van der Waals surface area (Å²) in [5, 5.41) is 5.00. The Morgan fingerprint density at radius 1 is 0.975 bits per heavy atom. The van der Waals surface area contributed by atoms with E-state index in [2.05, 4.69) is 15.5 Å². The Balaban J connectivity index is 1.36. The van der Waals surface area contributed by atoms with E-state index in [9.17, 15) is 14.0 Å². The summed E-state index contributed by atoms with van der Waals surface area (Å²) in [6, 6.07) is 23.1. The Morgan fingerprint density at radius 3 is 2.50 bits per heavy atom. The molecule has 1 amide bonds. The molecule has 4 aromatic carbocycles. The van der Waals surface area contributed by atoms with Crippen LogP contribution in [0.1, 0.15) is 32.0 Å². The molecule has 0 saturated heterocycles. The molecule has 5 aromatic rings. The van der Waals surface area contributed by atoms with E-state index in [0.717, 1.165) is 5.56 Å². The minimum atomic E-state index is -0.543. The van der Waals surface area contributed by atoms with Crippen molar-refractivity contribution in [2.75, 3.05) is 7.11 Å². The molecule has 0 radical (unpaired) electrons. The number of rotatable bonds is 7. The quantitative estimate of drug-likeness (QED) is 0.0985. The number of benzene rings is 4. The number of halogens is 2. The smallest absolute Gasteiger partial charge is 0.343 e. The van der Waals surface area contributed by atoms with Crippen LogP contribution in [-0.4, -0.2) is 30.2 Å². The summed E-state index contributed by atoms with van der Waals surface area (Å²) in [5.74, 6) is -0.942. The molecule has 1 heterocycles. The maximum absolute atomic E-state index is 14.1. The first-order valence-corrected chi connectivity index (χ1v) is 12.6. The maximum Gasteiger partial charge on any atom is 0.343 e. The van der Waals surface area contributed by atoms with Crippen molar-refractivity contribution >= 4 is 40.6 Å². The monoisotopic (exact) mass is 555 g/mol. The average molecular weight is 556 g/mol. The van der Waals surface area contributed by atoms with E-state index in [1.165, 1.54) is 25.5 Å². The van der Waals surface area contributed by atoms with E-state index in [4.69, 9.17) is 21.1 Å². The van der Waals surface area contributed by atoms with Gasteiger partial charge in [-0.2, -0.15) is 5.10 Å². The number of ether oxygens (including phenoxy) is 2. The van der Waals surface area contributed by atoms with Crippen LogP contribution in [0.5, 0.6) is 11.5 Å². The van der Waals surface area contributed by atoms with E-state index in [0.29, 0.717) is 43.9 Å². The molecule has 0 bridgehead atoms. The summed E-state index contributed by atoms with van der Waals surface area (Å²) < 4.78 is 25.0. The average Bonchev–Trinajstić information content (AvgIpc) is 3.32. The fraction of sp³-hybridized carbons (Fsp3) is 0.0645. The first-order valence-electron chi connectivity index (χ1n) is 12.2. The largest absolute Gasteiger partial charge is 0.493 e. The highest BCUT2D eigenvalue weighted by Crippen LogP contribution is 2.37. The number of carbonyl (C=O) groups excluding carboxylic acids is 2. The Kier molecular flexibility index (Phi) is 7.61. The molecule has 5 rings (SSSR count). The molecule has 9 heteroatoms. The van der Waals surface area contributed by atoms with Gasteiger partial charge in [-0.25, -0.2) is 14.6 Å². The number of hydrogen-bond donors (Lipinski definition) is 2. The minimum Gasteiger partial charge on any atom is -0.493 e. The van der Waals surface area contributed by atoms with Gasteiger partial charge in [0.2, 0.25) is 0 Å². The standard InChI is InChI=1S/C31H23ClFN3O4/c1-18-7-10-20(11-8-18)31(38)40-26-14-9-19(15-27(26)39-2)17-34-36-30(37)29-28(22-5-3-4-6-24(22)32)23-16-21(33)12-13-25(23)35-29/h3-17,35H,1-2H3,(H,36,37). The van der Waals surface area contributed by atoms with Crippen LogP contribution in [0.3, 0.4) is 0 Å². The lowest BCUT2D eigenvalue weighted by Crippen LogP contribution is -2.19. The molecule has 2 N–H and O–H groups in total. The van der Waals surface area contributed by atoms with E-state index < -0.39 is 17.7 Å². The number of fused-ring (bicyclic) bond motifs is 1. The van der Waals surface area contributed by atoms with Crippen LogP contribution >= 0.6 is 11.6 Å². The summed E-state index contributed by atoms with van der Waals surface area (Å²) in [5.41, 5.74) is 6.33. The van der Waals surface area contributed by atoms with Crippen LogP contribution < -0.4 is 14.9 Å². The molecule has 200 valence electrons. The van der Waals surface area contributed by atoms with Crippen molar-refractivity contribution < 1.29 is 23.5 Å². The van der Waals surface area contributed by atoms with Gasteiger partial charge in [0.15, 0.2) is 11.5 Å². The maximum atomic E-state index is 14.1. The lowest BCUT2D eigenvalue weighted by molar-refractivity contribution is 0.0729. The van der Waals surface area contributed by atoms with Crippen molar-refractivity contribution in [3.63, 3.8) is 0 Å². The van der Waals surface area contributed by atoms with Crippen molar-refractivity contribution in [1.29, 1.82) is 0 Å². The zero-order valence-electron chi connectivity index (χ0n) is 21.5. The third kappa shape index (κ3) is 5.57. The fourth-order valence-electron chi connectivity index (χ4n) is 4.20. The van der Waals surface area contributed by atoms with Crippen molar-refractivity contribution in [3.8, 4) is 22.6 Å². The number of nitrogens with one attached hydrogen (secondary N) is 2. The molecule has 0 aliphatic rings. The molecule has 40 heavy (non-hydrogen) atoms. The summed E-state index contributed by atoms with van der Waals surface area (Å²) in [6.45, 7) is 1.93. The van der Waals surface area contributed by atoms with Gasteiger partial charge in [-0.1, -0.05) is 47.5 Å². The second-order valence-corrected chi connectivity index (χ2v) is 9.32. The predicted molar refractivity (Wildman–Crippen MR) is 153 cm³/mol. The van der Waals surface area contributed by atoms with Gasteiger partial charge in [0, 0.05) is 27.1 Å². The van der Waals surface area contributed by atoms with Crippen LogP contribution in [0.4, 0.5) is 4.39 Å². The summed E-state index contributed by atoms with van der Waals surface area (Å²) in [7, 11) is 1.45. The highest BCUT2D eigenvalue weighted by Gasteiger charge is 2.21. The molecule has 0 fully saturated rings. The topological polar surface area (TPSA) is 92.8 Å². The number of methoxy groups -OCH3 is 1. The van der Waals surface area contributed by atoms with Gasteiger partial charge in [0.1, 0.15) is 11.5 Å². The normalized spacial score (nSPS) is 11.1. The van der Waals surface area contributed by atoms with Gasteiger partial charge in [-0.3, -0.25) is 4.79 Å². The van der Waals surface area contributed by atoms with E-state index in [1.54, 1.807) is 60.7 Å². The lowest BCUT2D eigenvalue weighted by Gasteiger charge is -2.10. The summed E-state index contributed by atoms with van der Waals surface area (Å²) in [6.07, 6.45) is 1.42. The van der Waals surface area contributed by atoms with Crippen molar-refractivity contribution in [2.45, 2.75) is 6.92 Å². The number of H-pyrrole nitrogens is 1. The number of carbonyl (C=O) groups is 2. The Morgan fingerprint density at radius 2 is 1.75 bits per heavy atom. The SMILES string of the molecule is COc1cc(C=NNC(=O)c2[nH]c3ccc(F)cc3c2-c2ccccc2Cl)ccc1OC(=O)c1ccc(C)cc1. The van der Waals surface area contributed by atoms with Gasteiger partial charge in [-0.05, 0) is 67.1 Å². The number of aromatic nitrogens is 1. The molecule has 0 unspecified atom stereocenters. The second-order valence-electron chi connectivity index (χ2n) is 8.91. The van der Waals surface area contributed by atoms with Crippen molar-refractivity contribution in [1.82, 2.24) is 10.4 Å². The number of nitrogens with zero attached hydrogens (tertiary/aromatic N) is 1. The van der Waals surface area contributed by atoms with Crippen molar-refractivity contribution in [3.05, 3.63) is 118 Å². The van der Waals surface area contributed by atoms with Crippen molar-refractivity contribution in [2.24, 2.45) is 5.10 Å². The first-order chi connectivity index (χ1) is 19.3. The second kappa shape index (κ2) is 11.4. The van der Waals surface area contributed by atoms with Crippen LogP contribution in [0.2, 0.25) is 5.02 Å². The number of hydrazone groups is 1. The van der Waals surface area contributed by atoms with E-state index in [1.807, 2.05) is 19.1 Å². The third-order valence-electron chi connectivity index (χ3n) is 6.19. The molecule has 0 spiro atoms.